The molecule has 0 bridgehead atoms. The van der Waals surface area contributed by atoms with E-state index in [0.29, 0.717) is 33.6 Å². The molecular weight excluding hydrogens is 424 g/mol. The molecule has 1 aliphatic rings. The minimum atomic E-state index is -2.95. The quantitative estimate of drug-likeness (QED) is 0.522. The van der Waals surface area contributed by atoms with Crippen molar-refractivity contribution in [3.63, 3.8) is 0 Å². The first kappa shape index (κ1) is 20.9. The number of halogens is 2. The Labute approximate surface area is 181 Å². The molecule has 0 saturated heterocycles. The van der Waals surface area contributed by atoms with E-state index in [2.05, 4.69) is 20.4 Å². The van der Waals surface area contributed by atoms with Crippen LogP contribution in [0.25, 0.3) is 11.3 Å². The number of hydrogen-bond donors (Lipinski definition) is 2. The smallest absolute Gasteiger partial charge is 0.387 e. The highest BCUT2D eigenvalue weighted by atomic mass is 32.1. The SMILES string of the molecule is CC1CC1C(=O)Nc1cccc(C(=O)Nc2nc(-c3ccccc3OC(F)F)cs2)c1. The molecule has 0 aliphatic heterocycles. The van der Waals surface area contributed by atoms with Gasteiger partial charge in [-0.1, -0.05) is 25.1 Å². The van der Waals surface area contributed by atoms with E-state index in [-0.39, 0.29) is 17.6 Å². The third-order valence-electron chi connectivity index (χ3n) is 4.94. The van der Waals surface area contributed by atoms with Crippen molar-refractivity contribution in [3.8, 4) is 17.0 Å². The summed E-state index contributed by atoms with van der Waals surface area (Å²) in [6.45, 7) is -0.927. The second-order valence-corrected chi connectivity index (χ2v) is 8.11. The number of nitrogens with zero attached hydrogens (tertiary/aromatic N) is 1. The van der Waals surface area contributed by atoms with Crippen molar-refractivity contribution in [1.29, 1.82) is 0 Å². The molecule has 3 aromatic rings. The molecule has 31 heavy (non-hydrogen) atoms. The number of anilines is 2. The molecule has 9 heteroatoms. The minimum Gasteiger partial charge on any atom is -0.434 e. The molecule has 4 rings (SSSR count). The molecule has 2 aromatic carbocycles. The maximum absolute atomic E-state index is 12.6. The molecule has 160 valence electrons. The minimum absolute atomic E-state index is 0.00843. The van der Waals surface area contributed by atoms with Gasteiger partial charge in [-0.2, -0.15) is 8.78 Å². The Bertz CT molecular complexity index is 1120. The summed E-state index contributed by atoms with van der Waals surface area (Å²) in [6.07, 6.45) is 0.879. The number of nitrogens with one attached hydrogen (secondary N) is 2. The molecule has 2 unspecified atom stereocenters. The Kier molecular flexibility index (Phi) is 5.94. The maximum atomic E-state index is 12.6. The number of hydrogen-bond acceptors (Lipinski definition) is 5. The molecule has 2 N–H and O–H groups in total. The molecule has 1 aliphatic carbocycles. The number of thiazole rings is 1. The molecule has 0 spiro atoms. The predicted molar refractivity (Wildman–Crippen MR) is 114 cm³/mol. The predicted octanol–water partition coefficient (Wildman–Crippen LogP) is 5.26. The number of para-hydroxylation sites is 1. The van der Waals surface area contributed by atoms with E-state index in [4.69, 9.17) is 0 Å². The van der Waals surface area contributed by atoms with Gasteiger partial charge >= 0.3 is 6.61 Å². The van der Waals surface area contributed by atoms with E-state index in [1.807, 2.05) is 6.92 Å². The van der Waals surface area contributed by atoms with Gasteiger partial charge in [0.1, 0.15) is 5.75 Å². The van der Waals surface area contributed by atoms with Gasteiger partial charge in [0.15, 0.2) is 5.13 Å². The van der Waals surface area contributed by atoms with Crippen molar-refractivity contribution >= 4 is 34.0 Å². The average Bonchev–Trinajstić information content (AvgIpc) is 3.30. The van der Waals surface area contributed by atoms with Crippen LogP contribution in [0.5, 0.6) is 5.75 Å². The molecule has 1 aromatic heterocycles. The van der Waals surface area contributed by atoms with E-state index < -0.39 is 12.5 Å². The summed E-state index contributed by atoms with van der Waals surface area (Å²) >= 11 is 1.17. The van der Waals surface area contributed by atoms with Crippen LogP contribution in [0.15, 0.2) is 53.9 Å². The Balaban J connectivity index is 1.45. The monoisotopic (exact) mass is 443 g/mol. The number of amides is 2. The highest BCUT2D eigenvalue weighted by Crippen LogP contribution is 2.38. The van der Waals surface area contributed by atoms with Crippen LogP contribution in [-0.4, -0.2) is 23.4 Å². The third kappa shape index (κ3) is 5.05. The highest BCUT2D eigenvalue weighted by molar-refractivity contribution is 7.14. The lowest BCUT2D eigenvalue weighted by Gasteiger charge is -2.08. The Morgan fingerprint density at radius 3 is 2.68 bits per heavy atom. The number of ether oxygens (including phenoxy) is 1. The van der Waals surface area contributed by atoms with Crippen LogP contribution in [0, 0.1) is 11.8 Å². The first-order valence-corrected chi connectivity index (χ1v) is 10.5. The molecule has 1 fully saturated rings. The summed E-state index contributed by atoms with van der Waals surface area (Å²) in [6, 6.07) is 13.0. The topological polar surface area (TPSA) is 80.3 Å². The number of benzene rings is 2. The summed E-state index contributed by atoms with van der Waals surface area (Å²) < 4.78 is 29.8. The van der Waals surface area contributed by atoms with Crippen molar-refractivity contribution in [2.45, 2.75) is 20.0 Å². The Hall–Kier alpha value is -3.33. The number of carbonyl (C=O) groups excluding carboxylic acids is 2. The fraction of sp³-hybridized carbons (Fsp3) is 0.227. The van der Waals surface area contributed by atoms with Gasteiger partial charge in [0, 0.05) is 28.1 Å². The van der Waals surface area contributed by atoms with Gasteiger partial charge in [-0.15, -0.1) is 11.3 Å². The van der Waals surface area contributed by atoms with Gasteiger partial charge in [-0.05, 0) is 42.7 Å². The lowest BCUT2D eigenvalue weighted by molar-refractivity contribution is -0.117. The standard InChI is InChI=1S/C22H19F2N3O3S/c1-12-9-16(12)20(29)25-14-6-4-5-13(10-14)19(28)27-22-26-17(11-31-22)15-7-2-3-8-18(15)30-21(23)24/h2-8,10-12,16,21H,9H2,1H3,(H,25,29)(H,26,27,28). The molecular formula is C22H19F2N3O3S. The van der Waals surface area contributed by atoms with Gasteiger partial charge in [0.2, 0.25) is 5.91 Å². The summed E-state index contributed by atoms with van der Waals surface area (Å²) in [4.78, 5) is 29.1. The van der Waals surface area contributed by atoms with Crippen LogP contribution in [0.1, 0.15) is 23.7 Å². The maximum Gasteiger partial charge on any atom is 0.387 e. The van der Waals surface area contributed by atoms with Gasteiger partial charge in [0.05, 0.1) is 5.69 Å². The van der Waals surface area contributed by atoms with Crippen LogP contribution < -0.4 is 15.4 Å². The summed E-state index contributed by atoms with van der Waals surface area (Å²) in [5.74, 6) is -0.00716. The highest BCUT2D eigenvalue weighted by Gasteiger charge is 2.39. The van der Waals surface area contributed by atoms with Crippen molar-refractivity contribution in [3.05, 3.63) is 59.5 Å². The largest absolute Gasteiger partial charge is 0.434 e. The first-order valence-electron chi connectivity index (χ1n) is 9.62. The third-order valence-corrected chi connectivity index (χ3v) is 5.70. The van der Waals surface area contributed by atoms with Crippen LogP contribution in [-0.2, 0) is 4.79 Å². The zero-order valence-electron chi connectivity index (χ0n) is 16.5. The zero-order chi connectivity index (χ0) is 22.0. The van der Waals surface area contributed by atoms with Crippen LogP contribution in [0.4, 0.5) is 19.6 Å². The second kappa shape index (κ2) is 8.81. The van der Waals surface area contributed by atoms with Gasteiger partial charge in [0.25, 0.3) is 5.91 Å². The molecule has 1 saturated carbocycles. The molecule has 2 atom stereocenters. The van der Waals surface area contributed by atoms with Crippen molar-refractivity contribution < 1.29 is 23.1 Å². The molecule has 1 heterocycles. The lowest BCUT2D eigenvalue weighted by atomic mass is 10.1. The fourth-order valence-electron chi connectivity index (χ4n) is 3.16. The van der Waals surface area contributed by atoms with E-state index in [1.165, 1.54) is 17.4 Å². The van der Waals surface area contributed by atoms with Crippen LogP contribution in [0.3, 0.4) is 0 Å². The fourth-order valence-corrected chi connectivity index (χ4v) is 3.87. The first-order chi connectivity index (χ1) is 14.9. The average molecular weight is 443 g/mol. The number of carbonyl (C=O) groups is 2. The number of aromatic nitrogens is 1. The normalized spacial score (nSPS) is 17.3. The summed E-state index contributed by atoms with van der Waals surface area (Å²) in [7, 11) is 0. The van der Waals surface area contributed by atoms with Gasteiger partial charge in [-0.25, -0.2) is 4.98 Å². The number of alkyl halides is 2. The summed E-state index contributed by atoms with van der Waals surface area (Å²) in [5, 5.41) is 7.49. The number of rotatable bonds is 7. The van der Waals surface area contributed by atoms with E-state index in [9.17, 15) is 18.4 Å². The van der Waals surface area contributed by atoms with E-state index in [1.54, 1.807) is 47.8 Å². The van der Waals surface area contributed by atoms with Crippen LogP contribution in [0.2, 0.25) is 0 Å². The zero-order valence-corrected chi connectivity index (χ0v) is 17.3. The van der Waals surface area contributed by atoms with Crippen molar-refractivity contribution in [2.75, 3.05) is 10.6 Å². The van der Waals surface area contributed by atoms with Crippen LogP contribution >= 0.6 is 11.3 Å². The second-order valence-electron chi connectivity index (χ2n) is 7.26. The van der Waals surface area contributed by atoms with Crippen molar-refractivity contribution in [2.24, 2.45) is 11.8 Å². The molecule has 2 amide bonds. The lowest BCUT2D eigenvalue weighted by Crippen LogP contribution is -2.16. The van der Waals surface area contributed by atoms with E-state index >= 15 is 0 Å². The molecule has 6 nitrogen and oxygen atoms in total. The van der Waals surface area contributed by atoms with E-state index in [0.717, 1.165) is 6.42 Å². The van der Waals surface area contributed by atoms with Gasteiger partial charge < -0.3 is 10.1 Å². The Morgan fingerprint density at radius 1 is 1.16 bits per heavy atom. The molecule has 0 radical (unpaired) electrons. The Morgan fingerprint density at radius 2 is 1.94 bits per heavy atom. The summed E-state index contributed by atoms with van der Waals surface area (Å²) in [5.41, 5.74) is 1.73. The van der Waals surface area contributed by atoms with Crippen molar-refractivity contribution in [1.82, 2.24) is 4.98 Å². The van der Waals surface area contributed by atoms with Gasteiger partial charge in [-0.3, -0.25) is 14.9 Å².